The van der Waals surface area contributed by atoms with Gasteiger partial charge in [-0.2, -0.15) is 4.31 Å². The van der Waals surface area contributed by atoms with E-state index in [1.54, 1.807) is 51.1 Å². The molecule has 8 nitrogen and oxygen atoms in total. The molecule has 0 spiro atoms. The number of sulfonamides is 1. The average Bonchev–Trinajstić information content (AvgIpc) is 2.82. The lowest BCUT2D eigenvalue weighted by molar-refractivity contribution is 0.102. The van der Waals surface area contributed by atoms with Crippen LogP contribution >= 0.6 is 0 Å². The van der Waals surface area contributed by atoms with Crippen LogP contribution in [0.1, 0.15) is 31.1 Å². The minimum absolute atomic E-state index is 0.0666. The van der Waals surface area contributed by atoms with Crippen LogP contribution in [-0.2, 0) is 10.0 Å². The predicted octanol–water partition coefficient (Wildman–Crippen LogP) is 4.56. The lowest BCUT2D eigenvalue weighted by Crippen LogP contribution is -2.30. The summed E-state index contributed by atoms with van der Waals surface area (Å²) in [5, 5.41) is 2.76. The molecule has 0 aliphatic rings. The van der Waals surface area contributed by atoms with Crippen LogP contribution < -0.4 is 14.8 Å². The Labute approximate surface area is 194 Å². The van der Waals surface area contributed by atoms with E-state index in [4.69, 9.17) is 9.47 Å². The van der Waals surface area contributed by atoms with Gasteiger partial charge in [0.15, 0.2) is 0 Å². The molecule has 0 bridgehead atoms. The maximum atomic E-state index is 13.1. The van der Waals surface area contributed by atoms with Gasteiger partial charge in [-0.3, -0.25) is 4.79 Å². The average molecular weight is 470 g/mol. The number of anilines is 1. The molecule has 0 atom stereocenters. The van der Waals surface area contributed by atoms with E-state index in [1.807, 2.05) is 18.2 Å². The fourth-order valence-corrected chi connectivity index (χ4v) is 4.68. The van der Waals surface area contributed by atoms with E-state index in [-0.39, 0.29) is 22.0 Å². The van der Waals surface area contributed by atoms with Gasteiger partial charge in [0.2, 0.25) is 15.9 Å². The molecule has 0 fully saturated rings. The predicted molar refractivity (Wildman–Crippen MR) is 126 cm³/mol. The van der Waals surface area contributed by atoms with Gasteiger partial charge in [-0.1, -0.05) is 32.0 Å². The van der Waals surface area contributed by atoms with E-state index < -0.39 is 15.9 Å². The number of pyridine rings is 1. The quantitative estimate of drug-likeness (QED) is 0.468. The minimum Gasteiger partial charge on any atom is -0.492 e. The van der Waals surface area contributed by atoms with Crippen molar-refractivity contribution >= 4 is 21.6 Å². The zero-order chi connectivity index (χ0) is 23.8. The van der Waals surface area contributed by atoms with Crippen LogP contribution in [0.25, 0.3) is 0 Å². The number of amides is 1. The van der Waals surface area contributed by atoms with E-state index in [2.05, 4.69) is 10.3 Å². The number of benzene rings is 2. The first-order valence-corrected chi connectivity index (χ1v) is 12.1. The lowest BCUT2D eigenvalue weighted by atomic mass is 10.2. The van der Waals surface area contributed by atoms with Crippen molar-refractivity contribution < 1.29 is 22.7 Å². The number of ether oxygens (including phenoxy) is 2. The summed E-state index contributed by atoms with van der Waals surface area (Å²) in [5.74, 6) is 0.518. The van der Waals surface area contributed by atoms with E-state index in [1.165, 1.54) is 22.6 Å². The molecule has 174 valence electrons. The fraction of sp³-hybridized carbons (Fsp3) is 0.250. The third-order valence-corrected chi connectivity index (χ3v) is 6.86. The first-order chi connectivity index (χ1) is 15.9. The summed E-state index contributed by atoms with van der Waals surface area (Å²) in [5.41, 5.74) is 0.436. The molecule has 1 heterocycles. The van der Waals surface area contributed by atoms with Gasteiger partial charge in [-0.15, -0.1) is 0 Å². The number of hydrogen-bond acceptors (Lipinski definition) is 6. The Balaban J connectivity index is 1.95. The second kappa shape index (κ2) is 10.9. The summed E-state index contributed by atoms with van der Waals surface area (Å²) in [7, 11) is -3.72. The number of para-hydroxylation sites is 1. The van der Waals surface area contributed by atoms with Crippen molar-refractivity contribution in [3.8, 4) is 17.4 Å². The second-order valence-corrected chi connectivity index (χ2v) is 8.84. The maximum Gasteiger partial charge on any atom is 0.261 e. The molecule has 1 aromatic heterocycles. The SMILES string of the molecule is CCOc1ccc(S(=O)(=O)N(CC)CC)cc1NC(=O)c1cccnc1Oc1ccccc1. The van der Waals surface area contributed by atoms with Crippen molar-refractivity contribution in [3.63, 3.8) is 0 Å². The number of aromatic nitrogens is 1. The highest BCUT2D eigenvalue weighted by Gasteiger charge is 2.24. The van der Waals surface area contributed by atoms with Crippen LogP contribution in [0.2, 0.25) is 0 Å². The van der Waals surface area contributed by atoms with Gasteiger partial charge in [0.05, 0.1) is 17.2 Å². The number of rotatable bonds is 10. The van der Waals surface area contributed by atoms with Crippen molar-refractivity contribution in [2.45, 2.75) is 25.7 Å². The maximum absolute atomic E-state index is 13.1. The summed E-state index contributed by atoms with van der Waals surface area (Å²) >= 11 is 0. The molecule has 0 unspecified atom stereocenters. The number of hydrogen-bond donors (Lipinski definition) is 1. The van der Waals surface area contributed by atoms with Crippen LogP contribution in [0.15, 0.2) is 71.8 Å². The van der Waals surface area contributed by atoms with Crippen molar-refractivity contribution in [3.05, 3.63) is 72.4 Å². The topological polar surface area (TPSA) is 97.8 Å². The monoisotopic (exact) mass is 469 g/mol. The Kier molecular flexibility index (Phi) is 8.02. The molecule has 33 heavy (non-hydrogen) atoms. The van der Waals surface area contributed by atoms with Crippen LogP contribution in [0, 0.1) is 0 Å². The number of nitrogens with one attached hydrogen (secondary N) is 1. The highest BCUT2D eigenvalue weighted by molar-refractivity contribution is 7.89. The van der Waals surface area contributed by atoms with Crippen LogP contribution in [0.4, 0.5) is 5.69 Å². The molecule has 3 rings (SSSR count). The molecule has 1 N–H and O–H groups in total. The smallest absolute Gasteiger partial charge is 0.261 e. The summed E-state index contributed by atoms with van der Waals surface area (Å²) in [4.78, 5) is 17.4. The molecule has 0 aliphatic heterocycles. The molecule has 0 saturated carbocycles. The number of nitrogens with zero attached hydrogens (tertiary/aromatic N) is 2. The zero-order valence-corrected chi connectivity index (χ0v) is 19.6. The molecule has 9 heteroatoms. The molecular formula is C24H27N3O5S. The largest absolute Gasteiger partial charge is 0.492 e. The standard InChI is InChI=1S/C24H27N3O5S/c1-4-27(5-2)33(29,30)19-14-15-22(31-6-3)21(17-19)26-23(28)20-13-10-16-25-24(20)32-18-11-8-7-9-12-18/h7-17H,4-6H2,1-3H3,(H,26,28). The molecule has 1 amide bonds. The molecule has 2 aromatic carbocycles. The Morgan fingerprint density at radius 3 is 2.39 bits per heavy atom. The van der Waals surface area contributed by atoms with Gasteiger partial charge in [0.1, 0.15) is 17.1 Å². The molecule has 0 saturated heterocycles. The van der Waals surface area contributed by atoms with Gasteiger partial charge < -0.3 is 14.8 Å². The normalized spacial score (nSPS) is 11.3. The number of carbonyl (C=O) groups is 1. The minimum atomic E-state index is -3.72. The molecule has 0 radical (unpaired) electrons. The Morgan fingerprint density at radius 1 is 1.00 bits per heavy atom. The Hall–Kier alpha value is -3.43. The third kappa shape index (κ3) is 5.68. The first-order valence-electron chi connectivity index (χ1n) is 10.7. The molecule has 3 aromatic rings. The molecular weight excluding hydrogens is 442 g/mol. The summed E-state index contributed by atoms with van der Waals surface area (Å²) < 4.78 is 38.7. The highest BCUT2D eigenvalue weighted by atomic mass is 32.2. The second-order valence-electron chi connectivity index (χ2n) is 6.91. The van der Waals surface area contributed by atoms with Crippen LogP contribution in [0.5, 0.6) is 17.4 Å². The van der Waals surface area contributed by atoms with E-state index in [9.17, 15) is 13.2 Å². The van der Waals surface area contributed by atoms with Gasteiger partial charge >= 0.3 is 0 Å². The summed E-state index contributed by atoms with van der Waals surface area (Å²) in [6, 6.07) is 16.6. The Bertz CT molecular complexity index is 1200. The van der Waals surface area contributed by atoms with Crippen molar-refractivity contribution in [2.75, 3.05) is 25.0 Å². The van der Waals surface area contributed by atoms with Crippen LogP contribution in [-0.4, -0.2) is 43.3 Å². The van der Waals surface area contributed by atoms with Gasteiger partial charge in [0.25, 0.3) is 5.91 Å². The Morgan fingerprint density at radius 2 is 1.73 bits per heavy atom. The fourth-order valence-electron chi connectivity index (χ4n) is 3.20. The van der Waals surface area contributed by atoms with Crippen molar-refractivity contribution in [2.24, 2.45) is 0 Å². The summed E-state index contributed by atoms with van der Waals surface area (Å²) in [6.45, 7) is 6.37. The third-order valence-electron chi connectivity index (χ3n) is 4.82. The summed E-state index contributed by atoms with van der Waals surface area (Å²) in [6.07, 6.45) is 1.53. The van der Waals surface area contributed by atoms with E-state index in [0.29, 0.717) is 31.2 Å². The zero-order valence-electron chi connectivity index (χ0n) is 18.8. The molecule has 0 aliphatic carbocycles. The van der Waals surface area contributed by atoms with Gasteiger partial charge in [-0.05, 0) is 49.4 Å². The first kappa shape index (κ1) is 24.2. The van der Waals surface area contributed by atoms with Crippen molar-refractivity contribution in [1.82, 2.24) is 9.29 Å². The van der Waals surface area contributed by atoms with Gasteiger partial charge in [-0.25, -0.2) is 13.4 Å². The van der Waals surface area contributed by atoms with Crippen LogP contribution in [0.3, 0.4) is 0 Å². The lowest BCUT2D eigenvalue weighted by Gasteiger charge is -2.20. The van der Waals surface area contributed by atoms with E-state index >= 15 is 0 Å². The van der Waals surface area contributed by atoms with Gasteiger partial charge in [0, 0.05) is 19.3 Å². The highest BCUT2D eigenvalue weighted by Crippen LogP contribution is 2.31. The van der Waals surface area contributed by atoms with E-state index in [0.717, 1.165) is 0 Å². The number of carbonyl (C=O) groups excluding carboxylic acids is 1. The van der Waals surface area contributed by atoms with Crippen molar-refractivity contribution in [1.29, 1.82) is 0 Å².